The van der Waals surface area contributed by atoms with Gasteiger partial charge in [0.05, 0.1) is 6.04 Å². The van der Waals surface area contributed by atoms with Gasteiger partial charge in [-0.1, -0.05) is 30.3 Å². The van der Waals surface area contributed by atoms with Crippen molar-refractivity contribution in [2.45, 2.75) is 17.9 Å². The molecule has 6 nitrogen and oxygen atoms in total. The van der Waals surface area contributed by atoms with Gasteiger partial charge in [0.25, 0.3) is 0 Å². The number of para-hydroxylation sites is 1. The van der Waals surface area contributed by atoms with Crippen LogP contribution in [-0.4, -0.2) is 28.8 Å². The second-order valence-electron chi connectivity index (χ2n) is 7.68. The molecule has 3 N–H and O–H groups in total. The number of ether oxygens (including phenoxy) is 1. The summed E-state index contributed by atoms with van der Waals surface area (Å²) in [6, 6.07) is 15.3. The summed E-state index contributed by atoms with van der Waals surface area (Å²) in [5.41, 5.74) is -4.07. The third-order valence-electron chi connectivity index (χ3n) is 5.41. The topological polar surface area (TPSA) is 87.7 Å². The van der Waals surface area contributed by atoms with Crippen LogP contribution >= 0.6 is 0 Å². The zero-order valence-corrected chi connectivity index (χ0v) is 17.3. The van der Waals surface area contributed by atoms with E-state index < -0.39 is 41.5 Å². The smallest absolute Gasteiger partial charge is 0.437 e. The van der Waals surface area contributed by atoms with Crippen LogP contribution in [0, 0.1) is 11.7 Å². The SMILES string of the molecule is O=C1N[C@@H](c2cccc(Oc3ccccc3)c2)[C@H](C(=O)c2ccc(F)cc2)[C@](O)(C(F)(F)F)N1. The normalized spacial score (nSPS) is 22.4. The van der Waals surface area contributed by atoms with Crippen molar-refractivity contribution >= 4 is 11.8 Å². The van der Waals surface area contributed by atoms with Gasteiger partial charge >= 0.3 is 12.2 Å². The molecule has 1 saturated heterocycles. The Labute approximate surface area is 191 Å². The first-order valence-corrected chi connectivity index (χ1v) is 10.1. The van der Waals surface area contributed by atoms with Crippen LogP contribution in [0.5, 0.6) is 11.5 Å². The van der Waals surface area contributed by atoms with E-state index in [9.17, 15) is 32.3 Å². The number of carbonyl (C=O) groups excluding carboxylic acids is 2. The number of nitrogens with one attached hydrogen (secondary N) is 2. The Bertz CT molecular complexity index is 1200. The minimum Gasteiger partial charge on any atom is -0.457 e. The van der Waals surface area contributed by atoms with E-state index in [0.29, 0.717) is 5.75 Å². The fourth-order valence-corrected chi connectivity index (χ4v) is 3.81. The summed E-state index contributed by atoms with van der Waals surface area (Å²) in [5.74, 6) is -3.38. The van der Waals surface area contributed by atoms with E-state index in [1.54, 1.807) is 36.4 Å². The van der Waals surface area contributed by atoms with Crippen LogP contribution < -0.4 is 15.4 Å². The molecular weight excluding hydrogens is 456 g/mol. The lowest BCUT2D eigenvalue weighted by Crippen LogP contribution is -2.72. The molecule has 1 aliphatic heterocycles. The number of benzene rings is 3. The number of rotatable bonds is 5. The van der Waals surface area contributed by atoms with Crippen LogP contribution in [0.25, 0.3) is 0 Å². The van der Waals surface area contributed by atoms with Crippen molar-refractivity contribution < 1.29 is 37.0 Å². The van der Waals surface area contributed by atoms with Crippen LogP contribution in [0.4, 0.5) is 22.4 Å². The molecule has 1 heterocycles. The molecule has 1 aliphatic rings. The predicted molar refractivity (Wildman–Crippen MR) is 113 cm³/mol. The number of aliphatic hydroxyl groups is 1. The van der Waals surface area contributed by atoms with Crippen molar-refractivity contribution in [3.05, 3.63) is 95.8 Å². The molecule has 3 atom stereocenters. The molecule has 3 aromatic rings. The number of hydrogen-bond acceptors (Lipinski definition) is 4. The molecule has 1 fully saturated rings. The summed E-state index contributed by atoms with van der Waals surface area (Å²) in [6.45, 7) is 0. The van der Waals surface area contributed by atoms with Crippen LogP contribution in [-0.2, 0) is 0 Å². The minimum atomic E-state index is -5.40. The molecular formula is C24H18F4N2O4. The molecule has 0 bridgehead atoms. The molecule has 34 heavy (non-hydrogen) atoms. The van der Waals surface area contributed by atoms with Gasteiger partial charge in [-0.3, -0.25) is 4.79 Å². The molecule has 0 radical (unpaired) electrons. The Morgan fingerprint density at radius 1 is 0.941 bits per heavy atom. The van der Waals surface area contributed by atoms with Gasteiger partial charge in [-0.15, -0.1) is 0 Å². The predicted octanol–water partition coefficient (Wildman–Crippen LogP) is 4.72. The Hall–Kier alpha value is -3.92. The van der Waals surface area contributed by atoms with Gasteiger partial charge in [0.15, 0.2) is 5.78 Å². The average molecular weight is 474 g/mol. The summed E-state index contributed by atoms with van der Waals surface area (Å²) in [7, 11) is 0. The summed E-state index contributed by atoms with van der Waals surface area (Å²) in [6.07, 6.45) is -5.40. The largest absolute Gasteiger partial charge is 0.457 e. The van der Waals surface area contributed by atoms with Gasteiger partial charge in [-0.2, -0.15) is 13.2 Å². The molecule has 176 valence electrons. The molecule has 0 unspecified atom stereocenters. The molecule has 10 heteroatoms. The molecule has 0 aromatic heterocycles. The van der Waals surface area contributed by atoms with Gasteiger partial charge < -0.3 is 20.5 Å². The Morgan fingerprint density at radius 3 is 2.24 bits per heavy atom. The maximum Gasteiger partial charge on any atom is 0.437 e. The number of Topliss-reactive ketones (excluding diaryl/α,β-unsaturated/α-hetero) is 1. The Morgan fingerprint density at radius 2 is 1.59 bits per heavy atom. The highest BCUT2D eigenvalue weighted by Crippen LogP contribution is 2.44. The first kappa shape index (κ1) is 23.2. The second kappa shape index (κ2) is 8.79. The molecule has 4 rings (SSSR count). The van der Waals surface area contributed by atoms with Crippen molar-refractivity contribution in [1.29, 1.82) is 0 Å². The Kier molecular flexibility index (Phi) is 6.01. The third kappa shape index (κ3) is 4.44. The van der Waals surface area contributed by atoms with Gasteiger partial charge in [0.1, 0.15) is 23.2 Å². The molecule has 0 aliphatic carbocycles. The summed E-state index contributed by atoms with van der Waals surface area (Å²) < 4.78 is 61.1. The fraction of sp³-hybridized carbons (Fsp3) is 0.167. The summed E-state index contributed by atoms with van der Waals surface area (Å²) >= 11 is 0. The first-order valence-electron chi connectivity index (χ1n) is 10.1. The lowest BCUT2D eigenvalue weighted by atomic mass is 9.77. The molecule has 2 amide bonds. The highest BCUT2D eigenvalue weighted by Gasteiger charge is 2.66. The Balaban J connectivity index is 1.78. The lowest BCUT2D eigenvalue weighted by molar-refractivity contribution is -0.287. The standard InChI is InChI=1S/C24H18F4N2O4/c25-16-11-9-14(10-12-16)21(31)19-20(29-22(32)30-23(19,33)24(26,27)28)15-5-4-8-18(13-15)34-17-6-2-1-3-7-17/h1-13,19-20,33H,(H2,29,30,32)/t19-,20+,23+/m1/s1. The van der Waals surface area contributed by atoms with Crippen LogP contribution in [0.1, 0.15) is 22.0 Å². The number of carbonyl (C=O) groups is 2. The lowest BCUT2D eigenvalue weighted by Gasteiger charge is -2.45. The van der Waals surface area contributed by atoms with E-state index in [2.05, 4.69) is 5.32 Å². The number of ketones is 1. The number of amides is 2. The zero-order valence-electron chi connectivity index (χ0n) is 17.3. The van der Waals surface area contributed by atoms with Crippen molar-refractivity contribution in [2.75, 3.05) is 0 Å². The average Bonchev–Trinajstić information content (AvgIpc) is 2.79. The highest BCUT2D eigenvalue weighted by atomic mass is 19.4. The van der Waals surface area contributed by atoms with Crippen molar-refractivity contribution in [3.8, 4) is 11.5 Å². The molecule has 0 saturated carbocycles. The van der Waals surface area contributed by atoms with Gasteiger partial charge in [-0.05, 0) is 54.1 Å². The van der Waals surface area contributed by atoms with Crippen LogP contribution in [0.3, 0.4) is 0 Å². The van der Waals surface area contributed by atoms with E-state index in [0.717, 1.165) is 24.3 Å². The third-order valence-corrected chi connectivity index (χ3v) is 5.41. The summed E-state index contributed by atoms with van der Waals surface area (Å²) in [4.78, 5) is 25.4. The zero-order chi connectivity index (χ0) is 24.5. The number of hydrogen-bond donors (Lipinski definition) is 3. The van der Waals surface area contributed by atoms with E-state index >= 15 is 0 Å². The van der Waals surface area contributed by atoms with E-state index in [1.165, 1.54) is 23.5 Å². The monoisotopic (exact) mass is 474 g/mol. The van der Waals surface area contributed by atoms with Crippen molar-refractivity contribution in [2.24, 2.45) is 5.92 Å². The van der Waals surface area contributed by atoms with E-state index in [4.69, 9.17) is 4.74 Å². The van der Waals surface area contributed by atoms with Gasteiger partial charge in [0.2, 0.25) is 5.72 Å². The number of alkyl halides is 3. The van der Waals surface area contributed by atoms with Crippen molar-refractivity contribution in [1.82, 2.24) is 10.6 Å². The van der Waals surface area contributed by atoms with E-state index in [-0.39, 0.29) is 16.9 Å². The van der Waals surface area contributed by atoms with Gasteiger partial charge in [-0.25, -0.2) is 9.18 Å². The quantitative estimate of drug-likeness (QED) is 0.369. The number of halogens is 4. The molecule has 0 spiro atoms. The molecule has 3 aromatic carbocycles. The van der Waals surface area contributed by atoms with Crippen LogP contribution in [0.2, 0.25) is 0 Å². The van der Waals surface area contributed by atoms with Gasteiger partial charge in [0, 0.05) is 5.56 Å². The maximum atomic E-state index is 14.0. The second-order valence-corrected chi connectivity index (χ2v) is 7.68. The highest BCUT2D eigenvalue weighted by molar-refractivity contribution is 6.00. The fourth-order valence-electron chi connectivity index (χ4n) is 3.81. The summed E-state index contributed by atoms with van der Waals surface area (Å²) in [5, 5.41) is 14.4. The van der Waals surface area contributed by atoms with E-state index in [1.807, 2.05) is 0 Å². The van der Waals surface area contributed by atoms with Crippen molar-refractivity contribution in [3.63, 3.8) is 0 Å². The minimum absolute atomic E-state index is 0.0893. The first-order chi connectivity index (χ1) is 16.1. The van der Waals surface area contributed by atoms with Crippen LogP contribution in [0.15, 0.2) is 78.9 Å². The maximum absolute atomic E-state index is 14.0. The number of urea groups is 1.